The van der Waals surface area contributed by atoms with E-state index in [-0.39, 0.29) is 16.5 Å². The molecule has 2 aliphatic rings. The smallest absolute Gasteiger partial charge is 0.163 e. The van der Waals surface area contributed by atoms with Gasteiger partial charge in [0.25, 0.3) is 0 Å². The van der Waals surface area contributed by atoms with Gasteiger partial charge in [-0.1, -0.05) is 36.8 Å². The highest BCUT2D eigenvalue weighted by molar-refractivity contribution is 7.93. The second-order valence-electron chi connectivity index (χ2n) is 5.71. The van der Waals surface area contributed by atoms with Gasteiger partial charge in [0, 0.05) is 6.04 Å². The predicted octanol–water partition coefficient (Wildman–Crippen LogP) is 2.40. The van der Waals surface area contributed by atoms with Gasteiger partial charge in [0.05, 0.1) is 5.25 Å². The van der Waals surface area contributed by atoms with Crippen LogP contribution in [0.15, 0.2) is 30.3 Å². The molecule has 2 saturated heterocycles. The molecule has 19 heavy (non-hydrogen) atoms. The molecule has 1 aromatic carbocycles. The van der Waals surface area contributed by atoms with Gasteiger partial charge in [0.15, 0.2) is 9.84 Å². The van der Waals surface area contributed by atoms with Gasteiger partial charge in [-0.2, -0.15) is 0 Å². The normalized spacial score (nSPS) is 34.7. The minimum absolute atomic E-state index is 0.174. The molecule has 0 radical (unpaired) electrons. The van der Waals surface area contributed by atoms with Crippen molar-refractivity contribution >= 4 is 9.84 Å². The molecule has 0 N–H and O–H groups in total. The zero-order valence-electron chi connectivity index (χ0n) is 11.3. The van der Waals surface area contributed by atoms with Crippen LogP contribution in [0, 0.1) is 0 Å². The van der Waals surface area contributed by atoms with Gasteiger partial charge < -0.3 is 0 Å². The fraction of sp³-hybridized carbons (Fsp3) is 0.600. The lowest BCUT2D eigenvalue weighted by Gasteiger charge is -2.49. The lowest BCUT2D eigenvalue weighted by molar-refractivity contribution is 0.139. The average molecular weight is 279 g/mol. The van der Waals surface area contributed by atoms with Crippen molar-refractivity contribution in [2.24, 2.45) is 0 Å². The van der Waals surface area contributed by atoms with Crippen LogP contribution in [-0.4, -0.2) is 37.7 Å². The second-order valence-corrected chi connectivity index (χ2v) is 8.14. The van der Waals surface area contributed by atoms with Crippen molar-refractivity contribution in [1.82, 2.24) is 4.90 Å². The first-order chi connectivity index (χ1) is 9.12. The number of hydrogen-bond acceptors (Lipinski definition) is 3. The van der Waals surface area contributed by atoms with Crippen molar-refractivity contribution in [2.75, 3.05) is 13.1 Å². The van der Waals surface area contributed by atoms with Gasteiger partial charge in [-0.25, -0.2) is 8.42 Å². The van der Waals surface area contributed by atoms with Crippen molar-refractivity contribution < 1.29 is 8.42 Å². The van der Waals surface area contributed by atoms with E-state index in [1.807, 2.05) is 37.3 Å². The van der Waals surface area contributed by atoms with E-state index >= 15 is 0 Å². The van der Waals surface area contributed by atoms with Gasteiger partial charge in [0.2, 0.25) is 0 Å². The highest BCUT2D eigenvalue weighted by atomic mass is 32.2. The second kappa shape index (κ2) is 4.91. The molecule has 0 aliphatic carbocycles. The molecule has 104 valence electrons. The SMILES string of the molecule is CC1C(N2CCCCC2)C(c2ccccc2)S1(=O)=O. The number of hydrogen-bond donors (Lipinski definition) is 0. The van der Waals surface area contributed by atoms with E-state index in [0.717, 1.165) is 18.7 Å². The predicted molar refractivity (Wildman–Crippen MR) is 76.8 cm³/mol. The van der Waals surface area contributed by atoms with E-state index in [1.165, 1.54) is 19.3 Å². The Labute approximate surface area is 115 Å². The summed E-state index contributed by atoms with van der Waals surface area (Å²) >= 11 is 0. The maximum atomic E-state index is 12.4. The first-order valence-electron chi connectivity index (χ1n) is 7.14. The third-order valence-corrected chi connectivity index (χ3v) is 7.18. The van der Waals surface area contributed by atoms with Crippen LogP contribution in [0.2, 0.25) is 0 Å². The Hall–Kier alpha value is -0.870. The fourth-order valence-corrected chi connectivity index (χ4v) is 5.75. The van der Waals surface area contributed by atoms with Crippen molar-refractivity contribution in [3.8, 4) is 0 Å². The van der Waals surface area contributed by atoms with Gasteiger partial charge in [-0.05, 0) is 38.4 Å². The lowest BCUT2D eigenvalue weighted by atomic mass is 9.97. The van der Waals surface area contributed by atoms with E-state index in [4.69, 9.17) is 0 Å². The summed E-state index contributed by atoms with van der Waals surface area (Å²) < 4.78 is 24.8. The summed E-state index contributed by atoms with van der Waals surface area (Å²) in [7, 11) is -2.99. The Balaban J connectivity index is 1.91. The molecular formula is C15H21NO2S. The van der Waals surface area contributed by atoms with Crippen LogP contribution < -0.4 is 0 Å². The van der Waals surface area contributed by atoms with E-state index in [1.54, 1.807) is 0 Å². The zero-order chi connectivity index (χ0) is 13.5. The van der Waals surface area contributed by atoms with Gasteiger partial charge in [0.1, 0.15) is 5.25 Å². The number of benzene rings is 1. The highest BCUT2D eigenvalue weighted by Crippen LogP contribution is 2.45. The van der Waals surface area contributed by atoms with E-state index in [2.05, 4.69) is 4.90 Å². The molecule has 4 heteroatoms. The van der Waals surface area contributed by atoms with Gasteiger partial charge >= 0.3 is 0 Å². The summed E-state index contributed by atoms with van der Waals surface area (Å²) in [6.45, 7) is 3.97. The van der Waals surface area contributed by atoms with Crippen LogP contribution >= 0.6 is 0 Å². The lowest BCUT2D eigenvalue weighted by Crippen LogP contribution is -2.61. The summed E-state index contributed by atoms with van der Waals surface area (Å²) in [6, 6.07) is 9.87. The molecular weight excluding hydrogens is 258 g/mol. The molecule has 0 amide bonds. The third-order valence-electron chi connectivity index (χ3n) is 4.60. The first kappa shape index (κ1) is 13.1. The number of nitrogens with zero attached hydrogens (tertiary/aromatic N) is 1. The summed E-state index contributed by atoms with van der Waals surface area (Å²) in [5.41, 5.74) is 0.955. The molecule has 0 saturated carbocycles. The fourth-order valence-electron chi connectivity index (χ4n) is 3.51. The van der Waals surface area contributed by atoms with Crippen molar-refractivity contribution in [3.05, 3.63) is 35.9 Å². The number of piperidine rings is 1. The molecule has 3 unspecified atom stereocenters. The van der Waals surface area contributed by atoms with E-state index in [0.29, 0.717) is 0 Å². The molecule has 1 aromatic rings. The van der Waals surface area contributed by atoms with Crippen molar-refractivity contribution in [3.63, 3.8) is 0 Å². The molecule has 0 aromatic heterocycles. The van der Waals surface area contributed by atoms with Crippen LogP contribution in [0.5, 0.6) is 0 Å². The maximum Gasteiger partial charge on any atom is 0.163 e. The Morgan fingerprint density at radius 3 is 2.32 bits per heavy atom. The first-order valence-corrected chi connectivity index (χ1v) is 8.75. The Morgan fingerprint density at radius 1 is 1.05 bits per heavy atom. The van der Waals surface area contributed by atoms with Crippen LogP contribution in [0.4, 0.5) is 0 Å². The maximum absolute atomic E-state index is 12.4. The standard InChI is InChI=1S/C15H21NO2S/c1-12-14(16-10-6-3-7-11-16)15(19(12,17)18)13-8-4-2-5-9-13/h2,4-5,8-9,12,14-15H,3,6-7,10-11H2,1H3. The molecule has 3 atom stereocenters. The molecule has 3 nitrogen and oxygen atoms in total. The molecule has 0 bridgehead atoms. The summed E-state index contributed by atoms with van der Waals surface area (Å²) in [5, 5.41) is -0.544. The van der Waals surface area contributed by atoms with E-state index < -0.39 is 9.84 Å². The Morgan fingerprint density at radius 2 is 1.68 bits per heavy atom. The number of sulfone groups is 1. The van der Waals surface area contributed by atoms with Crippen LogP contribution in [-0.2, 0) is 9.84 Å². The minimum Gasteiger partial charge on any atom is -0.297 e. The summed E-state index contributed by atoms with van der Waals surface area (Å²) in [5.74, 6) is 0. The topological polar surface area (TPSA) is 37.4 Å². The largest absolute Gasteiger partial charge is 0.297 e. The average Bonchev–Trinajstić information content (AvgIpc) is 2.45. The molecule has 3 rings (SSSR count). The van der Waals surface area contributed by atoms with Crippen LogP contribution in [0.1, 0.15) is 37.0 Å². The monoisotopic (exact) mass is 279 g/mol. The Kier molecular flexibility index (Phi) is 3.39. The summed E-state index contributed by atoms with van der Waals surface area (Å²) in [6.07, 6.45) is 3.68. The molecule has 2 aliphatic heterocycles. The van der Waals surface area contributed by atoms with Crippen molar-refractivity contribution in [1.29, 1.82) is 0 Å². The molecule has 0 spiro atoms. The van der Waals surface area contributed by atoms with Gasteiger partial charge in [-0.3, -0.25) is 4.90 Å². The molecule has 2 fully saturated rings. The third kappa shape index (κ3) is 2.11. The zero-order valence-corrected chi connectivity index (χ0v) is 12.1. The summed E-state index contributed by atoms with van der Waals surface area (Å²) in [4.78, 5) is 2.40. The van der Waals surface area contributed by atoms with Crippen molar-refractivity contribution in [2.45, 2.75) is 42.7 Å². The Bertz CT molecular complexity index is 535. The van der Waals surface area contributed by atoms with Gasteiger partial charge in [-0.15, -0.1) is 0 Å². The quantitative estimate of drug-likeness (QED) is 0.834. The number of rotatable bonds is 2. The molecule has 2 heterocycles. The van der Waals surface area contributed by atoms with Crippen LogP contribution in [0.25, 0.3) is 0 Å². The van der Waals surface area contributed by atoms with Crippen LogP contribution in [0.3, 0.4) is 0 Å². The van der Waals surface area contributed by atoms with E-state index in [9.17, 15) is 8.42 Å². The minimum atomic E-state index is -2.99. The highest BCUT2D eigenvalue weighted by Gasteiger charge is 2.55. The number of likely N-dealkylation sites (tertiary alicyclic amines) is 1.